The summed E-state index contributed by atoms with van der Waals surface area (Å²) in [5.74, 6) is 1.40. The number of rotatable bonds is 4. The van der Waals surface area contributed by atoms with Crippen molar-refractivity contribution in [2.75, 3.05) is 31.1 Å². The molecule has 3 heterocycles. The summed E-state index contributed by atoms with van der Waals surface area (Å²) in [4.78, 5) is 13.3. The summed E-state index contributed by atoms with van der Waals surface area (Å²) in [5.41, 5.74) is 1.23. The molecule has 5 nitrogen and oxygen atoms in total. The normalized spacial score (nSPS) is 28.1. The predicted octanol–water partition coefficient (Wildman–Crippen LogP) is -0.715. The third-order valence-corrected chi connectivity index (χ3v) is 6.59. The molecule has 116 valence electrons. The van der Waals surface area contributed by atoms with Gasteiger partial charge < -0.3 is 9.47 Å². The van der Waals surface area contributed by atoms with Crippen LogP contribution < -0.4 is 10.5 Å². The largest absolute Gasteiger partial charge is 0.333 e. The molecule has 2 bridgehead atoms. The molecule has 0 amide bonds. The van der Waals surface area contributed by atoms with E-state index in [9.17, 15) is 13.2 Å². The van der Waals surface area contributed by atoms with Crippen LogP contribution in [0.4, 0.5) is 0 Å². The minimum Gasteiger partial charge on any atom is -0.333 e. The van der Waals surface area contributed by atoms with Crippen molar-refractivity contribution in [1.29, 1.82) is 0 Å². The van der Waals surface area contributed by atoms with Gasteiger partial charge in [0.15, 0.2) is 9.84 Å². The molecule has 1 fully saturated rings. The van der Waals surface area contributed by atoms with Gasteiger partial charge in [0.2, 0.25) is 0 Å². The lowest BCUT2D eigenvalue weighted by Gasteiger charge is -2.40. The van der Waals surface area contributed by atoms with Crippen molar-refractivity contribution in [2.45, 2.75) is 25.8 Å². The minimum atomic E-state index is -2.89. The maximum Gasteiger partial charge on any atom is 0.250 e. The number of pyridine rings is 1. The van der Waals surface area contributed by atoms with Crippen molar-refractivity contribution < 1.29 is 13.3 Å². The van der Waals surface area contributed by atoms with Crippen LogP contribution in [0.2, 0.25) is 0 Å². The Labute approximate surface area is 125 Å². The summed E-state index contributed by atoms with van der Waals surface area (Å²) in [5, 5.41) is 0. The van der Waals surface area contributed by atoms with Crippen molar-refractivity contribution in [3.63, 3.8) is 0 Å². The average Bonchev–Trinajstić information content (AvgIpc) is 2.46. The van der Waals surface area contributed by atoms with E-state index in [4.69, 9.17) is 0 Å². The molecule has 0 radical (unpaired) electrons. The molecule has 0 aliphatic carbocycles. The fourth-order valence-electron chi connectivity index (χ4n) is 3.77. The van der Waals surface area contributed by atoms with Crippen LogP contribution in [0.1, 0.15) is 25.0 Å². The lowest BCUT2D eigenvalue weighted by Crippen LogP contribution is -3.15. The zero-order valence-corrected chi connectivity index (χ0v) is 13.2. The first kappa shape index (κ1) is 14.8. The number of quaternary nitrogens is 1. The number of sulfone groups is 1. The third-order valence-electron chi connectivity index (χ3n) is 4.88. The first-order valence-electron chi connectivity index (χ1n) is 7.72. The van der Waals surface area contributed by atoms with Crippen LogP contribution in [0, 0.1) is 5.92 Å². The first-order valence-corrected chi connectivity index (χ1v) is 9.54. The summed E-state index contributed by atoms with van der Waals surface area (Å²) >= 11 is 0. The van der Waals surface area contributed by atoms with Crippen LogP contribution in [-0.2, 0) is 16.4 Å². The number of likely N-dealkylation sites (tertiary alicyclic amines) is 1. The summed E-state index contributed by atoms with van der Waals surface area (Å²) in [7, 11) is -2.89. The molecule has 1 N–H and O–H groups in total. The van der Waals surface area contributed by atoms with E-state index >= 15 is 0 Å². The fraction of sp³-hybridized carbons (Fsp3) is 0.667. The summed E-state index contributed by atoms with van der Waals surface area (Å²) in [6, 6.07) is 5.52. The minimum absolute atomic E-state index is 0.0965. The van der Waals surface area contributed by atoms with Gasteiger partial charge in [-0.2, -0.15) is 0 Å². The van der Waals surface area contributed by atoms with E-state index in [1.165, 1.54) is 4.90 Å². The Balaban J connectivity index is 1.75. The maximum absolute atomic E-state index is 11.9. The van der Waals surface area contributed by atoms with E-state index in [0.717, 1.165) is 31.7 Å². The van der Waals surface area contributed by atoms with Gasteiger partial charge in [0, 0.05) is 35.9 Å². The zero-order valence-electron chi connectivity index (χ0n) is 12.4. The van der Waals surface area contributed by atoms with Crippen LogP contribution in [0.15, 0.2) is 23.0 Å². The quantitative estimate of drug-likeness (QED) is 0.799. The van der Waals surface area contributed by atoms with Crippen molar-refractivity contribution >= 4 is 9.84 Å². The van der Waals surface area contributed by atoms with Crippen LogP contribution in [0.5, 0.6) is 0 Å². The number of hydrogen-bond acceptors (Lipinski definition) is 3. The topological polar surface area (TPSA) is 60.6 Å². The molecular formula is C15H23N2O3S+. The van der Waals surface area contributed by atoms with Crippen molar-refractivity contribution in [3.05, 3.63) is 34.2 Å². The molecule has 1 saturated heterocycles. The second kappa shape index (κ2) is 5.57. The summed E-state index contributed by atoms with van der Waals surface area (Å²) in [6.45, 7) is 5.11. The molecule has 1 aromatic rings. The second-order valence-electron chi connectivity index (χ2n) is 6.34. The van der Waals surface area contributed by atoms with Crippen LogP contribution >= 0.6 is 0 Å². The number of nitrogens with zero attached hydrogens (tertiary/aromatic N) is 1. The van der Waals surface area contributed by atoms with Gasteiger partial charge in [-0.1, -0.05) is 13.0 Å². The highest BCUT2D eigenvalue weighted by molar-refractivity contribution is 7.91. The first-order chi connectivity index (χ1) is 9.98. The van der Waals surface area contributed by atoms with Gasteiger partial charge in [-0.3, -0.25) is 4.79 Å². The fourth-order valence-corrected chi connectivity index (χ4v) is 4.66. The van der Waals surface area contributed by atoms with Gasteiger partial charge in [0.05, 0.1) is 25.4 Å². The standard InChI is InChI=1S/C15H22N2O3S/c1-2-21(19,20)7-6-16-9-12-8-13(11-16)14-4-3-5-15(18)17(14)10-12/h3-5,12-13H,2,6-11H2,1H3/p+1. The highest BCUT2D eigenvalue weighted by atomic mass is 32.2. The molecular weight excluding hydrogens is 288 g/mol. The van der Waals surface area contributed by atoms with Gasteiger partial charge in [0.1, 0.15) is 0 Å². The Hall–Kier alpha value is -1.14. The molecule has 1 aromatic heterocycles. The molecule has 21 heavy (non-hydrogen) atoms. The highest BCUT2D eigenvalue weighted by Gasteiger charge is 2.37. The Kier molecular flexibility index (Phi) is 3.92. The predicted molar refractivity (Wildman–Crippen MR) is 81.4 cm³/mol. The molecule has 3 atom stereocenters. The Bertz CT molecular complexity index is 680. The molecule has 2 aliphatic rings. The van der Waals surface area contributed by atoms with Crippen LogP contribution in [-0.4, -0.2) is 44.1 Å². The Morgan fingerprint density at radius 1 is 1.33 bits per heavy atom. The van der Waals surface area contributed by atoms with E-state index < -0.39 is 9.84 Å². The maximum atomic E-state index is 11.9. The average molecular weight is 311 g/mol. The lowest BCUT2D eigenvalue weighted by molar-refractivity contribution is -0.908. The van der Waals surface area contributed by atoms with Gasteiger partial charge in [-0.25, -0.2) is 8.42 Å². The van der Waals surface area contributed by atoms with E-state index in [1.54, 1.807) is 13.0 Å². The molecule has 0 aromatic carbocycles. The number of nitrogens with one attached hydrogen (secondary N) is 1. The second-order valence-corrected chi connectivity index (χ2v) is 8.82. The molecule has 0 spiro atoms. The van der Waals surface area contributed by atoms with E-state index in [2.05, 4.69) is 0 Å². The third kappa shape index (κ3) is 3.06. The van der Waals surface area contributed by atoms with Crippen LogP contribution in [0.25, 0.3) is 0 Å². The zero-order chi connectivity index (χ0) is 15.0. The van der Waals surface area contributed by atoms with E-state index in [0.29, 0.717) is 18.4 Å². The summed E-state index contributed by atoms with van der Waals surface area (Å²) < 4.78 is 25.3. The Morgan fingerprint density at radius 2 is 2.14 bits per heavy atom. The summed E-state index contributed by atoms with van der Waals surface area (Å²) in [6.07, 6.45) is 1.13. The smallest absolute Gasteiger partial charge is 0.250 e. The molecule has 2 aliphatic heterocycles. The van der Waals surface area contributed by atoms with E-state index in [-0.39, 0.29) is 17.1 Å². The molecule has 3 unspecified atom stereocenters. The van der Waals surface area contributed by atoms with E-state index in [1.807, 2.05) is 16.7 Å². The number of piperidine rings is 1. The number of fused-ring (bicyclic) bond motifs is 4. The van der Waals surface area contributed by atoms with Crippen molar-refractivity contribution in [3.8, 4) is 0 Å². The van der Waals surface area contributed by atoms with Crippen molar-refractivity contribution in [2.24, 2.45) is 5.92 Å². The van der Waals surface area contributed by atoms with Gasteiger partial charge in [-0.05, 0) is 12.5 Å². The SMILES string of the molecule is CCS(=O)(=O)CC[NH+]1CC2CC(C1)c1cccc(=O)n1C2. The number of hydrogen-bond donors (Lipinski definition) is 1. The molecule has 0 saturated carbocycles. The highest BCUT2D eigenvalue weighted by Crippen LogP contribution is 2.29. The number of aromatic nitrogens is 1. The van der Waals surface area contributed by atoms with Gasteiger partial charge >= 0.3 is 0 Å². The van der Waals surface area contributed by atoms with Crippen LogP contribution in [0.3, 0.4) is 0 Å². The Morgan fingerprint density at radius 3 is 2.90 bits per heavy atom. The van der Waals surface area contributed by atoms with Gasteiger partial charge in [0.25, 0.3) is 5.56 Å². The monoisotopic (exact) mass is 311 g/mol. The molecule has 3 rings (SSSR count). The molecule has 6 heteroatoms. The van der Waals surface area contributed by atoms with Gasteiger partial charge in [-0.15, -0.1) is 0 Å². The lowest BCUT2D eigenvalue weighted by atomic mass is 9.83. The van der Waals surface area contributed by atoms with Crippen molar-refractivity contribution in [1.82, 2.24) is 4.57 Å².